The van der Waals surface area contributed by atoms with E-state index in [0.29, 0.717) is 6.04 Å². The van der Waals surface area contributed by atoms with Gasteiger partial charge in [0.15, 0.2) is 0 Å². The van der Waals surface area contributed by atoms with E-state index in [2.05, 4.69) is 60.2 Å². The van der Waals surface area contributed by atoms with Crippen LogP contribution in [-0.4, -0.2) is 35.6 Å². The minimum Gasteiger partial charge on any atom is -0.361 e. The Bertz CT molecular complexity index is 528. The summed E-state index contributed by atoms with van der Waals surface area (Å²) in [5.41, 5.74) is 2.57. The molecule has 3 heteroatoms. The molecule has 0 aliphatic carbocycles. The first-order valence-corrected chi connectivity index (χ1v) is 8.24. The first kappa shape index (κ1) is 16.1. The number of aromatic amines is 1. The van der Waals surface area contributed by atoms with Gasteiger partial charge in [-0.3, -0.25) is 0 Å². The van der Waals surface area contributed by atoms with Crippen molar-refractivity contribution < 1.29 is 0 Å². The molecule has 1 unspecified atom stereocenters. The van der Waals surface area contributed by atoms with E-state index in [1.165, 1.54) is 35.9 Å². The number of rotatable bonds is 9. The summed E-state index contributed by atoms with van der Waals surface area (Å²) >= 11 is 0. The molecule has 2 rings (SSSR count). The molecule has 1 aromatic carbocycles. The predicted molar refractivity (Wildman–Crippen MR) is 91.6 cm³/mol. The molecule has 2 aromatic rings. The average Bonchev–Trinajstić information content (AvgIpc) is 2.97. The summed E-state index contributed by atoms with van der Waals surface area (Å²) in [6.45, 7) is 11.3. The molecule has 0 spiro atoms. The maximum absolute atomic E-state index is 3.64. The molecule has 1 atom stereocenters. The van der Waals surface area contributed by atoms with E-state index < -0.39 is 0 Å². The highest BCUT2D eigenvalue weighted by Crippen LogP contribution is 2.14. The molecular weight excluding hydrogens is 258 g/mol. The van der Waals surface area contributed by atoms with Gasteiger partial charge in [0.25, 0.3) is 0 Å². The fourth-order valence-corrected chi connectivity index (χ4v) is 2.77. The van der Waals surface area contributed by atoms with Gasteiger partial charge in [0.05, 0.1) is 0 Å². The van der Waals surface area contributed by atoms with Crippen molar-refractivity contribution in [1.82, 2.24) is 15.2 Å². The van der Waals surface area contributed by atoms with Crippen LogP contribution in [-0.2, 0) is 6.54 Å². The SMILES string of the molecule is CCN(CC)CCCC(C)NCc1ccc2[nH]ccc2c1. The molecule has 3 nitrogen and oxygen atoms in total. The normalized spacial score (nSPS) is 13.1. The lowest BCUT2D eigenvalue weighted by atomic mass is 10.1. The van der Waals surface area contributed by atoms with E-state index in [1.54, 1.807) is 0 Å². The fraction of sp³-hybridized carbons (Fsp3) is 0.556. The highest BCUT2D eigenvalue weighted by molar-refractivity contribution is 5.79. The lowest BCUT2D eigenvalue weighted by Crippen LogP contribution is -2.28. The van der Waals surface area contributed by atoms with Crippen LogP contribution < -0.4 is 5.32 Å². The molecule has 1 aromatic heterocycles. The number of H-pyrrole nitrogens is 1. The molecular formula is C18H29N3. The van der Waals surface area contributed by atoms with Crippen LogP contribution >= 0.6 is 0 Å². The zero-order valence-electron chi connectivity index (χ0n) is 13.7. The minimum absolute atomic E-state index is 0.572. The first-order chi connectivity index (χ1) is 10.2. The Kier molecular flexibility index (Phi) is 6.27. The smallest absolute Gasteiger partial charge is 0.0454 e. The summed E-state index contributed by atoms with van der Waals surface area (Å²) in [4.78, 5) is 5.73. The number of aromatic nitrogens is 1. The number of hydrogen-bond donors (Lipinski definition) is 2. The van der Waals surface area contributed by atoms with E-state index in [9.17, 15) is 0 Å². The van der Waals surface area contributed by atoms with Gasteiger partial charge in [0, 0.05) is 24.3 Å². The van der Waals surface area contributed by atoms with Crippen molar-refractivity contribution in [2.45, 2.75) is 46.2 Å². The van der Waals surface area contributed by atoms with Crippen molar-refractivity contribution in [2.75, 3.05) is 19.6 Å². The van der Waals surface area contributed by atoms with Crippen molar-refractivity contribution in [2.24, 2.45) is 0 Å². The van der Waals surface area contributed by atoms with Crippen molar-refractivity contribution in [3.8, 4) is 0 Å². The van der Waals surface area contributed by atoms with Crippen LogP contribution in [0.1, 0.15) is 39.2 Å². The highest BCUT2D eigenvalue weighted by Gasteiger charge is 2.04. The molecule has 0 saturated heterocycles. The van der Waals surface area contributed by atoms with E-state index in [4.69, 9.17) is 0 Å². The molecule has 2 N–H and O–H groups in total. The number of nitrogens with one attached hydrogen (secondary N) is 2. The lowest BCUT2D eigenvalue weighted by Gasteiger charge is -2.19. The van der Waals surface area contributed by atoms with Crippen molar-refractivity contribution in [1.29, 1.82) is 0 Å². The standard InChI is InChI=1S/C18H29N3/c1-4-21(5-2)12-6-7-15(3)20-14-16-8-9-18-17(13-16)10-11-19-18/h8-11,13,15,19-20H,4-7,12,14H2,1-3H3. The second-order valence-electron chi connectivity index (χ2n) is 5.85. The molecule has 1 heterocycles. The number of nitrogens with zero attached hydrogens (tertiary/aromatic N) is 1. The Balaban J connectivity index is 1.71. The van der Waals surface area contributed by atoms with E-state index in [0.717, 1.165) is 19.6 Å². The summed E-state index contributed by atoms with van der Waals surface area (Å²) in [5.74, 6) is 0. The molecule has 21 heavy (non-hydrogen) atoms. The Morgan fingerprint density at radius 3 is 2.76 bits per heavy atom. The summed E-state index contributed by atoms with van der Waals surface area (Å²) < 4.78 is 0. The predicted octanol–water partition coefficient (Wildman–Crippen LogP) is 3.77. The number of hydrogen-bond acceptors (Lipinski definition) is 2. The van der Waals surface area contributed by atoms with Gasteiger partial charge in [-0.05, 0) is 68.5 Å². The fourth-order valence-electron chi connectivity index (χ4n) is 2.77. The highest BCUT2D eigenvalue weighted by atomic mass is 15.1. The van der Waals surface area contributed by atoms with Gasteiger partial charge in [-0.15, -0.1) is 0 Å². The van der Waals surface area contributed by atoms with Crippen LogP contribution in [0, 0.1) is 0 Å². The lowest BCUT2D eigenvalue weighted by molar-refractivity contribution is 0.290. The second-order valence-corrected chi connectivity index (χ2v) is 5.85. The van der Waals surface area contributed by atoms with Gasteiger partial charge in [-0.2, -0.15) is 0 Å². The molecule has 0 fully saturated rings. The van der Waals surface area contributed by atoms with Gasteiger partial charge in [-0.1, -0.05) is 19.9 Å². The van der Waals surface area contributed by atoms with Crippen LogP contribution in [0.3, 0.4) is 0 Å². The number of benzene rings is 1. The van der Waals surface area contributed by atoms with Crippen molar-refractivity contribution in [3.63, 3.8) is 0 Å². The van der Waals surface area contributed by atoms with Crippen LogP contribution in [0.5, 0.6) is 0 Å². The molecule has 116 valence electrons. The summed E-state index contributed by atoms with van der Waals surface area (Å²) in [6.07, 6.45) is 4.51. The Morgan fingerprint density at radius 2 is 2.00 bits per heavy atom. The van der Waals surface area contributed by atoms with Crippen molar-refractivity contribution >= 4 is 10.9 Å². The van der Waals surface area contributed by atoms with E-state index in [1.807, 2.05) is 6.20 Å². The quantitative estimate of drug-likeness (QED) is 0.735. The van der Waals surface area contributed by atoms with Gasteiger partial charge in [0.1, 0.15) is 0 Å². The van der Waals surface area contributed by atoms with Crippen LogP contribution in [0.25, 0.3) is 10.9 Å². The Morgan fingerprint density at radius 1 is 1.19 bits per heavy atom. The van der Waals surface area contributed by atoms with Gasteiger partial charge < -0.3 is 15.2 Å². The van der Waals surface area contributed by atoms with E-state index >= 15 is 0 Å². The van der Waals surface area contributed by atoms with Crippen molar-refractivity contribution in [3.05, 3.63) is 36.0 Å². The van der Waals surface area contributed by atoms with Crippen LogP contribution in [0.2, 0.25) is 0 Å². The minimum atomic E-state index is 0.572. The van der Waals surface area contributed by atoms with Gasteiger partial charge >= 0.3 is 0 Å². The van der Waals surface area contributed by atoms with Crippen LogP contribution in [0.4, 0.5) is 0 Å². The second kappa shape index (κ2) is 8.20. The first-order valence-electron chi connectivity index (χ1n) is 8.24. The maximum Gasteiger partial charge on any atom is 0.0454 e. The molecule has 0 saturated carbocycles. The Hall–Kier alpha value is -1.32. The number of fused-ring (bicyclic) bond motifs is 1. The molecule has 0 bridgehead atoms. The average molecular weight is 287 g/mol. The molecule has 0 radical (unpaired) electrons. The van der Waals surface area contributed by atoms with Gasteiger partial charge in [0.2, 0.25) is 0 Å². The van der Waals surface area contributed by atoms with E-state index in [-0.39, 0.29) is 0 Å². The maximum atomic E-state index is 3.64. The van der Waals surface area contributed by atoms with Crippen LogP contribution in [0.15, 0.2) is 30.5 Å². The zero-order chi connectivity index (χ0) is 15.1. The third-order valence-electron chi connectivity index (χ3n) is 4.28. The Labute approximate surface area is 128 Å². The summed E-state index contributed by atoms with van der Waals surface area (Å²) in [5, 5.41) is 4.93. The molecule has 0 amide bonds. The molecule has 0 aliphatic heterocycles. The largest absolute Gasteiger partial charge is 0.361 e. The monoisotopic (exact) mass is 287 g/mol. The topological polar surface area (TPSA) is 31.1 Å². The summed E-state index contributed by atoms with van der Waals surface area (Å²) in [7, 11) is 0. The summed E-state index contributed by atoms with van der Waals surface area (Å²) in [6, 6.07) is 9.34. The third kappa shape index (κ3) is 4.87. The third-order valence-corrected chi connectivity index (χ3v) is 4.28. The zero-order valence-corrected chi connectivity index (χ0v) is 13.7. The molecule has 0 aliphatic rings. The van der Waals surface area contributed by atoms with Gasteiger partial charge in [-0.25, -0.2) is 0 Å².